The van der Waals surface area contributed by atoms with E-state index in [1.54, 1.807) is 6.20 Å². The van der Waals surface area contributed by atoms with Crippen LogP contribution in [0.5, 0.6) is 0 Å². The van der Waals surface area contributed by atoms with Crippen molar-refractivity contribution in [1.82, 2.24) is 14.9 Å². The molecule has 2 aromatic rings. The fourth-order valence-corrected chi connectivity index (χ4v) is 3.07. The molecule has 136 valence electrons. The Kier molecular flexibility index (Phi) is 7.52. The van der Waals surface area contributed by atoms with Crippen LogP contribution in [-0.2, 0) is 9.53 Å². The maximum Gasteiger partial charge on any atom is 0.230 e. The molecule has 5 nitrogen and oxygen atoms in total. The lowest BCUT2D eigenvalue weighted by Crippen LogP contribution is -2.27. The van der Waals surface area contributed by atoms with Crippen molar-refractivity contribution in [1.29, 1.82) is 0 Å². The summed E-state index contributed by atoms with van der Waals surface area (Å²) >= 11 is 1.44. The SMILES string of the molecule is Cc1ccc(-n2ccnc2SCC(=O)NCCCOC(C)C)cc1C. The van der Waals surface area contributed by atoms with Crippen LogP contribution in [0.2, 0.25) is 0 Å². The first-order chi connectivity index (χ1) is 12.0. The maximum atomic E-state index is 12.0. The number of hydrogen-bond acceptors (Lipinski definition) is 4. The molecule has 1 aromatic carbocycles. The van der Waals surface area contributed by atoms with Crippen LogP contribution in [-0.4, -0.2) is 40.5 Å². The van der Waals surface area contributed by atoms with Crippen molar-refractivity contribution in [3.8, 4) is 5.69 Å². The van der Waals surface area contributed by atoms with Crippen LogP contribution in [0, 0.1) is 13.8 Å². The molecule has 0 atom stereocenters. The highest BCUT2D eigenvalue weighted by atomic mass is 32.2. The van der Waals surface area contributed by atoms with Crippen LogP contribution in [0.1, 0.15) is 31.4 Å². The monoisotopic (exact) mass is 361 g/mol. The van der Waals surface area contributed by atoms with Crippen molar-refractivity contribution >= 4 is 17.7 Å². The molecule has 1 amide bonds. The van der Waals surface area contributed by atoms with E-state index in [4.69, 9.17) is 4.74 Å². The van der Waals surface area contributed by atoms with Crippen LogP contribution in [0.25, 0.3) is 5.69 Å². The van der Waals surface area contributed by atoms with Crippen molar-refractivity contribution in [2.75, 3.05) is 18.9 Å². The predicted octanol–water partition coefficient (Wildman–Crippen LogP) is 3.51. The Bertz CT molecular complexity index is 698. The largest absolute Gasteiger partial charge is 0.379 e. The fraction of sp³-hybridized carbons (Fsp3) is 0.474. The number of aryl methyl sites for hydroxylation is 2. The van der Waals surface area contributed by atoms with Crippen molar-refractivity contribution in [3.63, 3.8) is 0 Å². The van der Waals surface area contributed by atoms with Crippen molar-refractivity contribution < 1.29 is 9.53 Å². The first-order valence-corrected chi connectivity index (χ1v) is 9.58. The zero-order valence-electron chi connectivity index (χ0n) is 15.4. The molecule has 1 heterocycles. The normalized spacial score (nSPS) is 11.1. The van der Waals surface area contributed by atoms with Gasteiger partial charge in [0.1, 0.15) is 0 Å². The summed E-state index contributed by atoms with van der Waals surface area (Å²) in [6.07, 6.45) is 4.74. The highest BCUT2D eigenvalue weighted by Crippen LogP contribution is 2.21. The standard InChI is InChI=1S/C19H27N3O2S/c1-14(2)24-11-5-8-20-18(23)13-25-19-21-9-10-22(19)17-7-6-15(3)16(4)12-17/h6-7,9-10,12,14H,5,8,11,13H2,1-4H3,(H,20,23). The van der Waals surface area contributed by atoms with Gasteiger partial charge in [-0.15, -0.1) is 0 Å². The van der Waals surface area contributed by atoms with Gasteiger partial charge in [0.15, 0.2) is 5.16 Å². The zero-order valence-corrected chi connectivity index (χ0v) is 16.2. The number of benzene rings is 1. The molecule has 1 aromatic heterocycles. The second kappa shape index (κ2) is 9.63. The van der Waals surface area contributed by atoms with Gasteiger partial charge in [-0.3, -0.25) is 9.36 Å². The van der Waals surface area contributed by atoms with Gasteiger partial charge in [0, 0.05) is 31.2 Å². The highest BCUT2D eigenvalue weighted by molar-refractivity contribution is 7.99. The van der Waals surface area contributed by atoms with Crippen molar-refractivity contribution in [3.05, 3.63) is 41.7 Å². The quantitative estimate of drug-likeness (QED) is 0.548. The number of ether oxygens (including phenoxy) is 1. The number of nitrogens with zero attached hydrogens (tertiary/aromatic N) is 2. The molecule has 6 heteroatoms. The Balaban J connectivity index is 1.83. The van der Waals surface area contributed by atoms with Gasteiger partial charge in [-0.05, 0) is 57.4 Å². The molecule has 0 fully saturated rings. The smallest absolute Gasteiger partial charge is 0.230 e. The van der Waals surface area contributed by atoms with Gasteiger partial charge in [-0.25, -0.2) is 4.98 Å². The molecule has 0 spiro atoms. The number of amides is 1. The molecule has 0 aliphatic heterocycles. The van der Waals surface area contributed by atoms with Gasteiger partial charge in [-0.2, -0.15) is 0 Å². The van der Waals surface area contributed by atoms with Crippen LogP contribution >= 0.6 is 11.8 Å². The zero-order chi connectivity index (χ0) is 18.2. The van der Waals surface area contributed by atoms with Gasteiger partial charge >= 0.3 is 0 Å². The van der Waals surface area contributed by atoms with Crippen LogP contribution in [0.4, 0.5) is 0 Å². The summed E-state index contributed by atoms with van der Waals surface area (Å²) in [7, 11) is 0. The average molecular weight is 362 g/mol. The van der Waals surface area contributed by atoms with E-state index in [-0.39, 0.29) is 12.0 Å². The lowest BCUT2D eigenvalue weighted by molar-refractivity contribution is -0.118. The molecule has 0 saturated carbocycles. The highest BCUT2D eigenvalue weighted by Gasteiger charge is 2.09. The van der Waals surface area contributed by atoms with E-state index < -0.39 is 0 Å². The summed E-state index contributed by atoms with van der Waals surface area (Å²) in [5, 5.41) is 3.74. The minimum Gasteiger partial charge on any atom is -0.379 e. The summed E-state index contributed by atoms with van der Waals surface area (Å²) in [5.74, 6) is 0.372. The first-order valence-electron chi connectivity index (χ1n) is 8.59. The number of hydrogen-bond donors (Lipinski definition) is 1. The molecule has 0 bridgehead atoms. The van der Waals surface area contributed by atoms with Gasteiger partial charge in [0.05, 0.1) is 11.9 Å². The van der Waals surface area contributed by atoms with E-state index in [0.29, 0.717) is 18.9 Å². The van der Waals surface area contributed by atoms with Gasteiger partial charge < -0.3 is 10.1 Å². The number of carbonyl (C=O) groups excluding carboxylic acids is 1. The minimum absolute atomic E-state index is 0.0178. The summed E-state index contributed by atoms with van der Waals surface area (Å²) in [6, 6.07) is 6.31. The van der Waals surface area contributed by atoms with Crippen LogP contribution in [0.3, 0.4) is 0 Å². The first kappa shape index (κ1) is 19.5. The number of carbonyl (C=O) groups is 1. The number of aromatic nitrogens is 2. The Morgan fingerprint density at radius 1 is 1.32 bits per heavy atom. The van der Waals surface area contributed by atoms with E-state index in [1.807, 2.05) is 24.6 Å². The molecule has 0 unspecified atom stereocenters. The third kappa shape index (κ3) is 6.21. The molecule has 2 rings (SSSR count). The van der Waals surface area contributed by atoms with Crippen LogP contribution in [0.15, 0.2) is 35.7 Å². The van der Waals surface area contributed by atoms with Gasteiger partial charge in [0.25, 0.3) is 0 Å². The number of rotatable bonds is 9. The summed E-state index contributed by atoms with van der Waals surface area (Å²) in [5.41, 5.74) is 3.57. The number of thioether (sulfide) groups is 1. The maximum absolute atomic E-state index is 12.0. The Labute approximate surface area is 154 Å². The molecular weight excluding hydrogens is 334 g/mol. The second-order valence-electron chi connectivity index (χ2n) is 6.26. The lowest BCUT2D eigenvalue weighted by Gasteiger charge is -2.10. The molecular formula is C19H27N3O2S. The summed E-state index contributed by atoms with van der Waals surface area (Å²) in [6.45, 7) is 9.51. The molecule has 1 N–H and O–H groups in total. The molecule has 0 radical (unpaired) electrons. The molecule has 0 aliphatic rings. The summed E-state index contributed by atoms with van der Waals surface area (Å²) < 4.78 is 7.47. The van der Waals surface area contributed by atoms with Gasteiger partial charge in [-0.1, -0.05) is 17.8 Å². The predicted molar refractivity (Wildman–Crippen MR) is 102 cm³/mol. The number of nitrogens with one attached hydrogen (secondary N) is 1. The molecule has 0 saturated heterocycles. The average Bonchev–Trinajstić information content (AvgIpc) is 3.03. The van der Waals surface area contributed by atoms with E-state index in [0.717, 1.165) is 17.3 Å². The Morgan fingerprint density at radius 2 is 2.12 bits per heavy atom. The topological polar surface area (TPSA) is 56.2 Å². The third-order valence-corrected chi connectivity index (χ3v) is 4.77. The third-order valence-electron chi connectivity index (χ3n) is 3.80. The van der Waals surface area contributed by atoms with Crippen molar-refractivity contribution in [2.45, 2.75) is 45.4 Å². The fourth-order valence-electron chi connectivity index (χ4n) is 2.27. The van der Waals surface area contributed by atoms with Gasteiger partial charge in [0.2, 0.25) is 5.91 Å². The minimum atomic E-state index is 0.0178. The van der Waals surface area contributed by atoms with E-state index in [1.165, 1.54) is 22.9 Å². The van der Waals surface area contributed by atoms with Crippen LogP contribution < -0.4 is 5.32 Å². The molecule has 0 aliphatic carbocycles. The number of imidazole rings is 1. The molecule has 25 heavy (non-hydrogen) atoms. The van der Waals surface area contributed by atoms with E-state index >= 15 is 0 Å². The lowest BCUT2D eigenvalue weighted by atomic mass is 10.1. The Hall–Kier alpha value is -1.79. The second-order valence-corrected chi connectivity index (χ2v) is 7.20. The Morgan fingerprint density at radius 3 is 2.84 bits per heavy atom. The van der Waals surface area contributed by atoms with Crippen molar-refractivity contribution in [2.24, 2.45) is 0 Å². The summed E-state index contributed by atoms with van der Waals surface area (Å²) in [4.78, 5) is 16.3. The van der Waals surface area contributed by atoms with E-state index in [2.05, 4.69) is 42.3 Å². The van der Waals surface area contributed by atoms with E-state index in [9.17, 15) is 4.79 Å².